The van der Waals surface area contributed by atoms with Crippen molar-refractivity contribution in [2.24, 2.45) is 0 Å². The molecule has 0 radical (unpaired) electrons. The topological polar surface area (TPSA) is 73.4 Å². The standard InChI is InChI=1S/C16H28N4O4/c1-14(21)18-5-7-19(8-6-18)16(23)13-20(15(2)22)4-3-17-9-11-24-12-10-17/h3-13H2,1-2H3. The quantitative estimate of drug-likeness (QED) is 0.632. The number of nitrogens with zero attached hydrogens (tertiary/aromatic N) is 4. The van der Waals surface area contributed by atoms with Crippen LogP contribution in [0.4, 0.5) is 0 Å². The van der Waals surface area contributed by atoms with Crippen molar-refractivity contribution in [1.29, 1.82) is 0 Å². The van der Waals surface area contributed by atoms with Gasteiger partial charge in [-0.15, -0.1) is 0 Å². The summed E-state index contributed by atoms with van der Waals surface area (Å²) in [5.41, 5.74) is 0. The van der Waals surface area contributed by atoms with Crippen LogP contribution in [0.15, 0.2) is 0 Å². The average molecular weight is 340 g/mol. The van der Waals surface area contributed by atoms with Crippen LogP contribution in [0.5, 0.6) is 0 Å². The molecule has 2 rings (SSSR count). The first-order valence-electron chi connectivity index (χ1n) is 8.56. The van der Waals surface area contributed by atoms with Crippen LogP contribution in [-0.4, -0.2) is 109 Å². The van der Waals surface area contributed by atoms with E-state index in [9.17, 15) is 14.4 Å². The summed E-state index contributed by atoms with van der Waals surface area (Å²) in [4.78, 5) is 42.9. The second kappa shape index (κ2) is 8.98. The molecule has 8 heteroatoms. The summed E-state index contributed by atoms with van der Waals surface area (Å²) >= 11 is 0. The molecule has 0 atom stereocenters. The molecule has 0 spiro atoms. The number of rotatable bonds is 5. The highest BCUT2D eigenvalue weighted by molar-refractivity contribution is 5.84. The summed E-state index contributed by atoms with van der Waals surface area (Å²) in [6.45, 7) is 9.84. The van der Waals surface area contributed by atoms with E-state index in [1.807, 2.05) is 0 Å². The van der Waals surface area contributed by atoms with E-state index in [1.54, 1.807) is 21.6 Å². The predicted molar refractivity (Wildman–Crippen MR) is 88.3 cm³/mol. The highest BCUT2D eigenvalue weighted by atomic mass is 16.5. The SMILES string of the molecule is CC(=O)N1CCN(C(=O)CN(CCN2CCOCC2)C(C)=O)CC1. The first-order chi connectivity index (χ1) is 11.5. The van der Waals surface area contributed by atoms with Gasteiger partial charge in [-0.2, -0.15) is 0 Å². The van der Waals surface area contributed by atoms with Crippen LogP contribution in [0.2, 0.25) is 0 Å². The smallest absolute Gasteiger partial charge is 0.242 e. The van der Waals surface area contributed by atoms with Gasteiger partial charge in [-0.25, -0.2) is 0 Å². The van der Waals surface area contributed by atoms with Crippen LogP contribution >= 0.6 is 0 Å². The summed E-state index contributed by atoms with van der Waals surface area (Å²) in [6.07, 6.45) is 0. The molecular formula is C16H28N4O4. The van der Waals surface area contributed by atoms with E-state index in [0.29, 0.717) is 32.7 Å². The lowest BCUT2D eigenvalue weighted by molar-refractivity contribution is -0.142. The van der Waals surface area contributed by atoms with Crippen LogP contribution in [0.1, 0.15) is 13.8 Å². The third kappa shape index (κ3) is 5.45. The maximum atomic E-state index is 12.4. The molecule has 0 saturated carbocycles. The number of piperazine rings is 1. The van der Waals surface area contributed by atoms with Crippen LogP contribution in [-0.2, 0) is 19.1 Å². The minimum atomic E-state index is -0.0843. The molecule has 2 heterocycles. The van der Waals surface area contributed by atoms with Gasteiger partial charge in [0.2, 0.25) is 17.7 Å². The second-order valence-electron chi connectivity index (χ2n) is 6.28. The number of amides is 3. The monoisotopic (exact) mass is 340 g/mol. The summed E-state index contributed by atoms with van der Waals surface area (Å²) in [6, 6.07) is 0. The van der Waals surface area contributed by atoms with Gasteiger partial charge in [-0.05, 0) is 0 Å². The Bertz CT molecular complexity index is 457. The van der Waals surface area contributed by atoms with Crippen LogP contribution < -0.4 is 0 Å². The van der Waals surface area contributed by atoms with E-state index < -0.39 is 0 Å². The van der Waals surface area contributed by atoms with E-state index in [-0.39, 0.29) is 24.3 Å². The maximum Gasteiger partial charge on any atom is 0.242 e. The molecule has 8 nitrogen and oxygen atoms in total. The van der Waals surface area contributed by atoms with E-state index in [4.69, 9.17) is 4.74 Å². The summed E-state index contributed by atoms with van der Waals surface area (Å²) in [5, 5.41) is 0. The third-order valence-corrected chi connectivity index (χ3v) is 4.64. The molecule has 24 heavy (non-hydrogen) atoms. The van der Waals surface area contributed by atoms with Gasteiger partial charge in [-0.1, -0.05) is 0 Å². The van der Waals surface area contributed by atoms with Crippen molar-refractivity contribution in [2.45, 2.75) is 13.8 Å². The Morgan fingerprint density at radius 3 is 2.04 bits per heavy atom. The van der Waals surface area contributed by atoms with Crippen molar-refractivity contribution in [1.82, 2.24) is 19.6 Å². The Morgan fingerprint density at radius 2 is 1.50 bits per heavy atom. The number of ether oxygens (including phenoxy) is 1. The Kier molecular flexibility index (Phi) is 6.99. The van der Waals surface area contributed by atoms with Crippen LogP contribution in [0.3, 0.4) is 0 Å². The van der Waals surface area contributed by atoms with Crippen molar-refractivity contribution in [3.05, 3.63) is 0 Å². The molecule has 0 unspecified atom stereocenters. The van der Waals surface area contributed by atoms with Gasteiger partial charge in [0.1, 0.15) is 0 Å². The van der Waals surface area contributed by atoms with Crippen molar-refractivity contribution in [3.8, 4) is 0 Å². The number of hydrogen-bond acceptors (Lipinski definition) is 5. The minimum absolute atomic E-state index is 0.0398. The van der Waals surface area contributed by atoms with Gasteiger partial charge in [0.05, 0.1) is 19.8 Å². The van der Waals surface area contributed by atoms with E-state index in [1.165, 1.54) is 6.92 Å². The van der Waals surface area contributed by atoms with Gasteiger partial charge >= 0.3 is 0 Å². The zero-order chi connectivity index (χ0) is 17.5. The molecule has 2 aliphatic rings. The molecule has 0 N–H and O–H groups in total. The predicted octanol–water partition coefficient (Wildman–Crippen LogP) is -1.14. The fourth-order valence-corrected chi connectivity index (χ4v) is 2.97. The molecule has 0 aromatic rings. The minimum Gasteiger partial charge on any atom is -0.379 e. The number of hydrogen-bond donors (Lipinski definition) is 0. The fraction of sp³-hybridized carbons (Fsp3) is 0.812. The van der Waals surface area contributed by atoms with E-state index in [0.717, 1.165) is 32.8 Å². The third-order valence-electron chi connectivity index (χ3n) is 4.64. The maximum absolute atomic E-state index is 12.4. The van der Waals surface area contributed by atoms with Gasteiger partial charge < -0.3 is 19.4 Å². The zero-order valence-electron chi connectivity index (χ0n) is 14.7. The van der Waals surface area contributed by atoms with Gasteiger partial charge in [-0.3, -0.25) is 19.3 Å². The first-order valence-corrected chi connectivity index (χ1v) is 8.56. The van der Waals surface area contributed by atoms with Gasteiger partial charge in [0, 0.05) is 66.2 Å². The number of carbonyl (C=O) groups is 3. The highest BCUT2D eigenvalue weighted by Gasteiger charge is 2.24. The fourth-order valence-electron chi connectivity index (χ4n) is 2.97. The zero-order valence-corrected chi connectivity index (χ0v) is 14.7. The molecule has 2 saturated heterocycles. The summed E-state index contributed by atoms with van der Waals surface area (Å²) in [7, 11) is 0. The first kappa shape index (κ1) is 18.7. The van der Waals surface area contributed by atoms with Gasteiger partial charge in [0.25, 0.3) is 0 Å². The van der Waals surface area contributed by atoms with Crippen LogP contribution in [0.25, 0.3) is 0 Å². The molecule has 2 fully saturated rings. The molecule has 2 aliphatic heterocycles. The second-order valence-corrected chi connectivity index (χ2v) is 6.28. The Labute approximate surface area is 143 Å². The highest BCUT2D eigenvalue weighted by Crippen LogP contribution is 2.05. The van der Waals surface area contributed by atoms with Gasteiger partial charge in [0.15, 0.2) is 0 Å². The number of morpholine rings is 1. The molecule has 3 amide bonds. The lowest BCUT2D eigenvalue weighted by Gasteiger charge is -2.35. The average Bonchev–Trinajstić information content (AvgIpc) is 2.59. The summed E-state index contributed by atoms with van der Waals surface area (Å²) < 4.78 is 5.31. The lowest BCUT2D eigenvalue weighted by atomic mass is 10.3. The molecule has 0 aliphatic carbocycles. The molecule has 0 aromatic carbocycles. The number of carbonyl (C=O) groups excluding carboxylic acids is 3. The van der Waals surface area contributed by atoms with Crippen molar-refractivity contribution >= 4 is 17.7 Å². The molecule has 0 aromatic heterocycles. The lowest BCUT2D eigenvalue weighted by Crippen LogP contribution is -2.53. The largest absolute Gasteiger partial charge is 0.379 e. The normalized spacial score (nSPS) is 19.2. The Hall–Kier alpha value is -1.67. The Morgan fingerprint density at radius 1 is 0.917 bits per heavy atom. The van der Waals surface area contributed by atoms with Crippen molar-refractivity contribution in [2.75, 3.05) is 72.1 Å². The van der Waals surface area contributed by atoms with Crippen molar-refractivity contribution < 1.29 is 19.1 Å². The molecule has 136 valence electrons. The summed E-state index contributed by atoms with van der Waals surface area (Å²) in [5.74, 6) is -0.0904. The molecule has 0 bridgehead atoms. The van der Waals surface area contributed by atoms with Crippen molar-refractivity contribution in [3.63, 3.8) is 0 Å². The van der Waals surface area contributed by atoms with Crippen LogP contribution in [0, 0.1) is 0 Å². The molecular weight excluding hydrogens is 312 g/mol. The van der Waals surface area contributed by atoms with E-state index >= 15 is 0 Å². The Balaban J connectivity index is 1.78. The van der Waals surface area contributed by atoms with E-state index in [2.05, 4.69) is 4.90 Å².